The Kier molecular flexibility index (Phi) is 3.79. The van der Waals surface area contributed by atoms with E-state index < -0.39 is 0 Å². The van der Waals surface area contributed by atoms with Gasteiger partial charge in [0.05, 0.1) is 13.7 Å². The zero-order valence-corrected chi connectivity index (χ0v) is 8.15. The fraction of sp³-hybridized carbons (Fsp3) is 0.300. The van der Waals surface area contributed by atoms with Crippen molar-refractivity contribution in [1.29, 1.82) is 0 Å². The molecule has 4 nitrogen and oxygen atoms in total. The molecule has 0 N–H and O–H groups in total. The van der Waals surface area contributed by atoms with Gasteiger partial charge in [-0.2, -0.15) is 0 Å². The van der Waals surface area contributed by atoms with Crippen LogP contribution in [0.2, 0.25) is 0 Å². The first-order chi connectivity index (χ1) is 6.81. The Bertz CT molecular complexity index is 309. The summed E-state index contributed by atoms with van der Waals surface area (Å²) in [5.41, 5.74) is 0. The first kappa shape index (κ1) is 10.4. The number of ether oxygens (including phenoxy) is 3. The van der Waals surface area contributed by atoms with E-state index in [9.17, 15) is 4.79 Å². The van der Waals surface area contributed by atoms with Crippen molar-refractivity contribution in [2.24, 2.45) is 0 Å². The van der Waals surface area contributed by atoms with E-state index in [4.69, 9.17) is 9.47 Å². The number of rotatable bonds is 5. The van der Waals surface area contributed by atoms with Gasteiger partial charge >= 0.3 is 0 Å². The number of carbonyl (C=O) groups excluding carboxylic acids is 1. The van der Waals surface area contributed by atoms with E-state index in [2.05, 4.69) is 4.74 Å². The molecule has 1 aromatic carbocycles. The van der Waals surface area contributed by atoms with Gasteiger partial charge in [0.25, 0.3) is 6.47 Å². The van der Waals surface area contributed by atoms with Crippen molar-refractivity contribution in [2.75, 3.05) is 13.7 Å². The summed E-state index contributed by atoms with van der Waals surface area (Å²) in [5, 5.41) is 0. The van der Waals surface area contributed by atoms with Gasteiger partial charge in [0.1, 0.15) is 5.75 Å². The summed E-state index contributed by atoms with van der Waals surface area (Å²) >= 11 is 0. The molecule has 4 heteroatoms. The second-order valence-corrected chi connectivity index (χ2v) is 2.46. The second kappa shape index (κ2) is 5.11. The van der Waals surface area contributed by atoms with Gasteiger partial charge in [0.15, 0.2) is 11.5 Å². The Morgan fingerprint density at radius 3 is 2.71 bits per heavy atom. The van der Waals surface area contributed by atoms with E-state index in [1.165, 1.54) is 0 Å². The first-order valence-corrected chi connectivity index (χ1v) is 4.23. The SMILES string of the molecule is CCOc1cc(OC=O)ccc1OC. The van der Waals surface area contributed by atoms with Crippen LogP contribution < -0.4 is 14.2 Å². The van der Waals surface area contributed by atoms with Gasteiger partial charge in [-0.3, -0.25) is 4.79 Å². The highest BCUT2D eigenvalue weighted by Crippen LogP contribution is 2.30. The minimum absolute atomic E-state index is 0.373. The summed E-state index contributed by atoms with van der Waals surface area (Å²) in [5.74, 6) is 1.61. The van der Waals surface area contributed by atoms with Crippen LogP contribution in [0.15, 0.2) is 18.2 Å². The Hall–Kier alpha value is -1.71. The quantitative estimate of drug-likeness (QED) is 0.671. The predicted octanol–water partition coefficient (Wildman–Crippen LogP) is 1.63. The smallest absolute Gasteiger partial charge is 0.298 e. The molecule has 0 saturated carbocycles. The monoisotopic (exact) mass is 196 g/mol. The Balaban J connectivity index is 2.94. The minimum atomic E-state index is 0.373. The van der Waals surface area contributed by atoms with Gasteiger partial charge in [-0.25, -0.2) is 0 Å². The van der Waals surface area contributed by atoms with Crippen molar-refractivity contribution in [2.45, 2.75) is 6.92 Å². The number of methoxy groups -OCH3 is 1. The van der Waals surface area contributed by atoms with E-state index in [-0.39, 0.29) is 0 Å². The van der Waals surface area contributed by atoms with Crippen LogP contribution in [0.1, 0.15) is 6.92 Å². The molecular formula is C10H12O4. The van der Waals surface area contributed by atoms with Gasteiger partial charge in [0.2, 0.25) is 0 Å². The molecule has 0 aliphatic carbocycles. The molecular weight excluding hydrogens is 184 g/mol. The molecule has 0 unspecified atom stereocenters. The highest BCUT2D eigenvalue weighted by atomic mass is 16.5. The maximum Gasteiger partial charge on any atom is 0.298 e. The van der Waals surface area contributed by atoms with Crippen molar-refractivity contribution in [3.8, 4) is 17.2 Å². The molecule has 14 heavy (non-hydrogen) atoms. The molecule has 0 spiro atoms. The zero-order chi connectivity index (χ0) is 10.4. The molecule has 0 heterocycles. The molecule has 0 aliphatic heterocycles. The molecule has 1 rings (SSSR count). The van der Waals surface area contributed by atoms with E-state index in [1.807, 2.05) is 6.92 Å². The minimum Gasteiger partial charge on any atom is -0.493 e. The van der Waals surface area contributed by atoms with Gasteiger partial charge in [-0.15, -0.1) is 0 Å². The van der Waals surface area contributed by atoms with Gasteiger partial charge in [-0.05, 0) is 19.1 Å². The topological polar surface area (TPSA) is 44.8 Å². The molecule has 0 amide bonds. The maximum atomic E-state index is 10.1. The summed E-state index contributed by atoms with van der Waals surface area (Å²) in [6, 6.07) is 4.93. The summed E-state index contributed by atoms with van der Waals surface area (Å²) in [6.07, 6.45) is 0. The Labute approximate surface area is 82.4 Å². The molecule has 0 aromatic heterocycles. The fourth-order valence-corrected chi connectivity index (χ4v) is 1.05. The lowest BCUT2D eigenvalue weighted by Gasteiger charge is -2.09. The highest BCUT2D eigenvalue weighted by Gasteiger charge is 2.05. The standard InChI is InChI=1S/C10H12O4/c1-3-13-10-6-8(14-7-11)4-5-9(10)12-2/h4-7H,3H2,1-2H3. The number of benzene rings is 1. The predicted molar refractivity (Wildman–Crippen MR) is 50.9 cm³/mol. The summed E-state index contributed by atoms with van der Waals surface area (Å²) in [6.45, 7) is 2.77. The van der Waals surface area contributed by atoms with Crippen molar-refractivity contribution >= 4 is 6.47 Å². The first-order valence-electron chi connectivity index (χ1n) is 4.23. The van der Waals surface area contributed by atoms with Crippen LogP contribution in [0.4, 0.5) is 0 Å². The largest absolute Gasteiger partial charge is 0.493 e. The molecule has 0 atom stereocenters. The van der Waals surface area contributed by atoms with Crippen LogP contribution in [0.3, 0.4) is 0 Å². The number of hydrogen-bond donors (Lipinski definition) is 0. The third kappa shape index (κ3) is 2.39. The van der Waals surface area contributed by atoms with Crippen molar-refractivity contribution in [3.63, 3.8) is 0 Å². The van der Waals surface area contributed by atoms with Crippen LogP contribution in [-0.2, 0) is 4.79 Å². The molecule has 0 bridgehead atoms. The Morgan fingerprint density at radius 2 is 2.14 bits per heavy atom. The van der Waals surface area contributed by atoms with Gasteiger partial charge < -0.3 is 14.2 Å². The van der Waals surface area contributed by atoms with E-state index >= 15 is 0 Å². The van der Waals surface area contributed by atoms with Crippen molar-refractivity contribution in [3.05, 3.63) is 18.2 Å². The third-order valence-electron chi connectivity index (χ3n) is 1.62. The van der Waals surface area contributed by atoms with E-state index in [1.54, 1.807) is 25.3 Å². The van der Waals surface area contributed by atoms with Crippen molar-refractivity contribution < 1.29 is 19.0 Å². The van der Waals surface area contributed by atoms with Crippen LogP contribution >= 0.6 is 0 Å². The lowest BCUT2D eigenvalue weighted by molar-refractivity contribution is -0.120. The van der Waals surface area contributed by atoms with Crippen LogP contribution in [0.25, 0.3) is 0 Å². The molecule has 0 fully saturated rings. The van der Waals surface area contributed by atoms with Crippen LogP contribution in [0, 0.1) is 0 Å². The number of carbonyl (C=O) groups is 1. The summed E-state index contributed by atoms with van der Waals surface area (Å²) in [4.78, 5) is 10.1. The zero-order valence-electron chi connectivity index (χ0n) is 8.15. The highest BCUT2D eigenvalue weighted by molar-refractivity contribution is 5.51. The average molecular weight is 196 g/mol. The lowest BCUT2D eigenvalue weighted by atomic mass is 10.3. The number of hydrogen-bond acceptors (Lipinski definition) is 4. The molecule has 0 saturated heterocycles. The average Bonchev–Trinajstić information content (AvgIpc) is 2.19. The maximum absolute atomic E-state index is 10.1. The van der Waals surface area contributed by atoms with Crippen molar-refractivity contribution in [1.82, 2.24) is 0 Å². The molecule has 0 radical (unpaired) electrons. The molecule has 1 aromatic rings. The fourth-order valence-electron chi connectivity index (χ4n) is 1.05. The molecule has 0 aliphatic rings. The second-order valence-electron chi connectivity index (χ2n) is 2.46. The van der Waals surface area contributed by atoms with Gasteiger partial charge in [0, 0.05) is 6.07 Å². The summed E-state index contributed by atoms with van der Waals surface area (Å²) in [7, 11) is 1.55. The van der Waals surface area contributed by atoms with Crippen LogP contribution in [0.5, 0.6) is 17.2 Å². The third-order valence-corrected chi connectivity index (χ3v) is 1.62. The Morgan fingerprint density at radius 1 is 1.36 bits per heavy atom. The van der Waals surface area contributed by atoms with Crippen LogP contribution in [-0.4, -0.2) is 20.2 Å². The normalized spacial score (nSPS) is 9.29. The summed E-state index contributed by atoms with van der Waals surface area (Å²) < 4.78 is 15.0. The molecule has 76 valence electrons. The van der Waals surface area contributed by atoms with E-state index in [0.29, 0.717) is 30.3 Å². The lowest BCUT2D eigenvalue weighted by Crippen LogP contribution is -1.96. The van der Waals surface area contributed by atoms with E-state index in [0.717, 1.165) is 0 Å². The van der Waals surface area contributed by atoms with Gasteiger partial charge in [-0.1, -0.05) is 0 Å².